The van der Waals surface area contributed by atoms with Gasteiger partial charge in [-0.25, -0.2) is 4.39 Å². The molecule has 0 spiro atoms. The highest BCUT2D eigenvalue weighted by Gasteiger charge is 2.09. The Morgan fingerprint density at radius 1 is 1.07 bits per heavy atom. The molecule has 3 aromatic rings. The minimum absolute atomic E-state index is 0.0178. The number of halogens is 3. The van der Waals surface area contributed by atoms with Gasteiger partial charge in [0.15, 0.2) is 0 Å². The highest BCUT2D eigenvalue weighted by atomic mass is 79.9. The Hall–Kier alpha value is -2.58. The van der Waals surface area contributed by atoms with Crippen LogP contribution < -0.4 is 4.74 Å². The summed E-state index contributed by atoms with van der Waals surface area (Å²) in [6, 6.07) is 15.9. The SMILES string of the molecule is O=[N+]([O-])c1ccc(N=Cc2cc(Br)c(OCc3cccc(F)c3)c(Br)c2)cc1. The Balaban J connectivity index is 1.73. The fourth-order valence-electron chi connectivity index (χ4n) is 2.38. The van der Waals surface area contributed by atoms with Gasteiger partial charge in [-0.1, -0.05) is 12.1 Å². The minimum atomic E-state index is -0.454. The average Bonchev–Trinajstić information content (AvgIpc) is 2.66. The van der Waals surface area contributed by atoms with Gasteiger partial charge < -0.3 is 4.74 Å². The van der Waals surface area contributed by atoms with E-state index in [4.69, 9.17) is 4.74 Å². The molecule has 0 heterocycles. The first-order valence-corrected chi connectivity index (χ1v) is 9.66. The number of nitro benzene ring substituents is 1. The molecule has 0 N–H and O–H groups in total. The summed E-state index contributed by atoms with van der Waals surface area (Å²) in [6.45, 7) is 0.227. The van der Waals surface area contributed by atoms with Crippen molar-refractivity contribution in [1.82, 2.24) is 0 Å². The fraction of sp³-hybridized carbons (Fsp3) is 0.0500. The standard InChI is InChI=1S/C20H13Br2FN2O3/c21-18-9-14(11-24-16-4-6-17(7-5-16)25(26)27)10-19(22)20(18)28-12-13-2-1-3-15(23)8-13/h1-11H,12H2. The summed E-state index contributed by atoms with van der Waals surface area (Å²) in [5.74, 6) is 0.286. The number of aliphatic imine (C=N–C) groups is 1. The first kappa shape index (κ1) is 20.2. The highest BCUT2D eigenvalue weighted by Crippen LogP contribution is 2.35. The van der Waals surface area contributed by atoms with E-state index in [0.29, 0.717) is 20.4 Å². The quantitative estimate of drug-likeness (QED) is 0.215. The zero-order valence-electron chi connectivity index (χ0n) is 14.3. The average molecular weight is 508 g/mol. The van der Waals surface area contributed by atoms with Crippen LogP contribution in [0.3, 0.4) is 0 Å². The van der Waals surface area contributed by atoms with E-state index in [1.165, 1.54) is 24.3 Å². The predicted octanol–water partition coefficient (Wildman–Crippen LogP) is 6.59. The van der Waals surface area contributed by atoms with Gasteiger partial charge in [0.05, 0.1) is 19.6 Å². The Bertz CT molecular complexity index is 1020. The van der Waals surface area contributed by atoms with Gasteiger partial charge in [-0.2, -0.15) is 0 Å². The van der Waals surface area contributed by atoms with Crippen LogP contribution in [-0.4, -0.2) is 11.1 Å². The molecule has 142 valence electrons. The van der Waals surface area contributed by atoms with Crippen LogP contribution in [0, 0.1) is 15.9 Å². The normalized spacial score (nSPS) is 11.0. The van der Waals surface area contributed by atoms with E-state index in [9.17, 15) is 14.5 Å². The van der Waals surface area contributed by atoms with Crippen molar-refractivity contribution in [2.45, 2.75) is 6.61 Å². The molecule has 28 heavy (non-hydrogen) atoms. The van der Waals surface area contributed by atoms with Crippen molar-refractivity contribution >= 4 is 49.4 Å². The fourth-order valence-corrected chi connectivity index (χ4v) is 3.83. The zero-order valence-corrected chi connectivity index (χ0v) is 17.5. The largest absolute Gasteiger partial charge is 0.487 e. The lowest BCUT2D eigenvalue weighted by Crippen LogP contribution is -1.98. The summed E-state index contributed by atoms with van der Waals surface area (Å²) in [5.41, 5.74) is 2.14. The van der Waals surface area contributed by atoms with E-state index in [0.717, 1.165) is 11.1 Å². The van der Waals surface area contributed by atoms with Crippen LogP contribution in [0.4, 0.5) is 15.8 Å². The molecule has 0 atom stereocenters. The van der Waals surface area contributed by atoms with Crippen molar-refractivity contribution in [1.29, 1.82) is 0 Å². The van der Waals surface area contributed by atoms with Crippen molar-refractivity contribution in [3.05, 3.63) is 96.7 Å². The molecule has 0 aliphatic heterocycles. The third-order valence-electron chi connectivity index (χ3n) is 3.72. The molecule has 3 rings (SSSR count). The summed E-state index contributed by atoms with van der Waals surface area (Å²) in [7, 11) is 0. The van der Waals surface area contributed by atoms with E-state index in [1.807, 2.05) is 12.1 Å². The van der Waals surface area contributed by atoms with E-state index in [1.54, 1.807) is 30.5 Å². The molecule has 0 unspecified atom stereocenters. The van der Waals surface area contributed by atoms with Crippen LogP contribution in [0.2, 0.25) is 0 Å². The van der Waals surface area contributed by atoms with Crippen LogP contribution in [0.5, 0.6) is 5.75 Å². The number of nitro groups is 1. The van der Waals surface area contributed by atoms with Gasteiger partial charge in [0, 0.05) is 18.3 Å². The molecule has 5 nitrogen and oxygen atoms in total. The molecular weight excluding hydrogens is 495 g/mol. The highest BCUT2D eigenvalue weighted by molar-refractivity contribution is 9.11. The lowest BCUT2D eigenvalue weighted by Gasteiger charge is -2.11. The van der Waals surface area contributed by atoms with Gasteiger partial charge in [-0.15, -0.1) is 0 Å². The maximum absolute atomic E-state index is 13.3. The summed E-state index contributed by atoms with van der Waals surface area (Å²) < 4.78 is 20.5. The monoisotopic (exact) mass is 506 g/mol. The van der Waals surface area contributed by atoms with Crippen LogP contribution in [-0.2, 0) is 6.61 Å². The second-order valence-corrected chi connectivity index (χ2v) is 7.47. The molecular formula is C20H13Br2FN2O3. The van der Waals surface area contributed by atoms with Crippen molar-refractivity contribution in [2.24, 2.45) is 4.99 Å². The molecule has 0 saturated heterocycles. The smallest absolute Gasteiger partial charge is 0.269 e. The van der Waals surface area contributed by atoms with E-state index >= 15 is 0 Å². The van der Waals surface area contributed by atoms with Crippen LogP contribution in [0.15, 0.2) is 74.6 Å². The first-order chi connectivity index (χ1) is 13.4. The number of rotatable bonds is 6. The molecule has 3 aromatic carbocycles. The van der Waals surface area contributed by atoms with Crippen LogP contribution >= 0.6 is 31.9 Å². The number of benzene rings is 3. The van der Waals surface area contributed by atoms with Gasteiger partial charge in [-0.05, 0) is 79.4 Å². The molecule has 0 aromatic heterocycles. The number of non-ortho nitro benzene ring substituents is 1. The molecule has 0 aliphatic rings. The Kier molecular flexibility index (Phi) is 6.53. The maximum Gasteiger partial charge on any atom is 0.269 e. The molecule has 0 amide bonds. The van der Waals surface area contributed by atoms with Crippen molar-refractivity contribution in [3.8, 4) is 5.75 Å². The lowest BCUT2D eigenvalue weighted by molar-refractivity contribution is -0.384. The van der Waals surface area contributed by atoms with E-state index < -0.39 is 4.92 Å². The second kappa shape index (κ2) is 9.07. The number of ether oxygens (including phenoxy) is 1. The van der Waals surface area contributed by atoms with Crippen molar-refractivity contribution in [3.63, 3.8) is 0 Å². The Labute approximate surface area is 177 Å². The Morgan fingerprint density at radius 2 is 1.75 bits per heavy atom. The summed E-state index contributed by atoms with van der Waals surface area (Å²) in [4.78, 5) is 14.6. The summed E-state index contributed by atoms with van der Waals surface area (Å²) >= 11 is 6.94. The molecule has 0 bridgehead atoms. The van der Waals surface area contributed by atoms with Crippen molar-refractivity contribution < 1.29 is 14.1 Å². The first-order valence-electron chi connectivity index (χ1n) is 8.07. The van der Waals surface area contributed by atoms with Crippen molar-refractivity contribution in [2.75, 3.05) is 0 Å². The molecule has 8 heteroatoms. The number of hydrogen-bond acceptors (Lipinski definition) is 4. The molecule has 0 saturated carbocycles. The number of nitrogens with zero attached hydrogens (tertiary/aromatic N) is 2. The predicted molar refractivity (Wildman–Crippen MR) is 113 cm³/mol. The third kappa shape index (κ3) is 5.24. The topological polar surface area (TPSA) is 64.7 Å². The maximum atomic E-state index is 13.3. The molecule has 0 aliphatic carbocycles. The second-order valence-electron chi connectivity index (χ2n) is 5.76. The third-order valence-corrected chi connectivity index (χ3v) is 4.89. The lowest BCUT2D eigenvalue weighted by atomic mass is 10.2. The number of hydrogen-bond donors (Lipinski definition) is 0. The van der Waals surface area contributed by atoms with Gasteiger partial charge in [0.1, 0.15) is 18.2 Å². The van der Waals surface area contributed by atoms with Gasteiger partial charge >= 0.3 is 0 Å². The van der Waals surface area contributed by atoms with Gasteiger partial charge in [-0.3, -0.25) is 15.1 Å². The van der Waals surface area contributed by atoms with Crippen LogP contribution in [0.1, 0.15) is 11.1 Å². The van der Waals surface area contributed by atoms with Crippen LogP contribution in [0.25, 0.3) is 0 Å². The zero-order chi connectivity index (χ0) is 20.1. The minimum Gasteiger partial charge on any atom is -0.487 e. The summed E-state index contributed by atoms with van der Waals surface area (Å²) in [6.07, 6.45) is 1.65. The Morgan fingerprint density at radius 3 is 2.36 bits per heavy atom. The van der Waals surface area contributed by atoms with E-state index in [2.05, 4.69) is 36.9 Å². The van der Waals surface area contributed by atoms with Gasteiger partial charge in [0.25, 0.3) is 5.69 Å². The molecule has 0 fully saturated rings. The molecule has 0 radical (unpaired) electrons. The van der Waals surface area contributed by atoms with E-state index in [-0.39, 0.29) is 18.1 Å². The van der Waals surface area contributed by atoms with Gasteiger partial charge in [0.2, 0.25) is 0 Å². The summed E-state index contributed by atoms with van der Waals surface area (Å²) in [5, 5.41) is 10.7.